The van der Waals surface area contributed by atoms with Crippen LogP contribution in [0.5, 0.6) is 0 Å². The molecule has 4 heteroatoms. The Morgan fingerprint density at radius 1 is 1.33 bits per heavy atom. The summed E-state index contributed by atoms with van der Waals surface area (Å²) >= 11 is 0. The molecule has 0 aromatic heterocycles. The zero-order chi connectivity index (χ0) is 15.7. The van der Waals surface area contributed by atoms with Crippen molar-refractivity contribution < 1.29 is 9.90 Å². The van der Waals surface area contributed by atoms with Crippen LogP contribution in [0.15, 0.2) is 24.3 Å². The van der Waals surface area contributed by atoms with Crippen molar-refractivity contribution in [3.8, 4) is 11.8 Å². The van der Waals surface area contributed by atoms with E-state index in [-0.39, 0.29) is 19.1 Å². The Bertz CT molecular complexity index is 498. The maximum Gasteiger partial charge on any atom is 0.231 e. The maximum atomic E-state index is 11.1. The molecule has 0 saturated heterocycles. The van der Waals surface area contributed by atoms with Crippen molar-refractivity contribution in [1.82, 2.24) is 4.90 Å². The Morgan fingerprint density at radius 3 is 2.52 bits per heavy atom. The minimum absolute atomic E-state index is 0.0857. The SMILES string of the molecule is CC(C)CN(CC(N)=O)Cc1ccc(C#CCCO)cc1. The number of amides is 1. The van der Waals surface area contributed by atoms with Gasteiger partial charge in [-0.3, -0.25) is 9.69 Å². The van der Waals surface area contributed by atoms with Crippen LogP contribution in [-0.4, -0.2) is 35.6 Å². The Labute approximate surface area is 127 Å². The van der Waals surface area contributed by atoms with Gasteiger partial charge in [-0.1, -0.05) is 37.8 Å². The highest BCUT2D eigenvalue weighted by Crippen LogP contribution is 2.09. The fraction of sp³-hybridized carbons (Fsp3) is 0.471. The fourth-order valence-electron chi connectivity index (χ4n) is 2.09. The average molecular weight is 288 g/mol. The molecule has 1 aromatic rings. The lowest BCUT2D eigenvalue weighted by atomic mass is 10.1. The number of aliphatic hydroxyl groups excluding tert-OH is 1. The molecule has 0 spiro atoms. The minimum Gasteiger partial charge on any atom is -0.395 e. The molecular weight excluding hydrogens is 264 g/mol. The Hall–Kier alpha value is -1.83. The van der Waals surface area contributed by atoms with Crippen molar-refractivity contribution >= 4 is 5.91 Å². The summed E-state index contributed by atoms with van der Waals surface area (Å²) in [6.07, 6.45) is 0.489. The largest absolute Gasteiger partial charge is 0.395 e. The topological polar surface area (TPSA) is 66.6 Å². The van der Waals surface area contributed by atoms with Gasteiger partial charge in [0, 0.05) is 25.1 Å². The molecule has 0 saturated carbocycles. The second-order valence-corrected chi connectivity index (χ2v) is 5.50. The molecule has 0 aliphatic carbocycles. The number of hydrogen-bond donors (Lipinski definition) is 2. The molecule has 0 aliphatic heterocycles. The van der Waals surface area contributed by atoms with Crippen LogP contribution in [-0.2, 0) is 11.3 Å². The second kappa shape index (κ2) is 9.17. The summed E-state index contributed by atoms with van der Waals surface area (Å²) in [5.41, 5.74) is 7.35. The first kappa shape index (κ1) is 17.2. The van der Waals surface area contributed by atoms with Crippen molar-refractivity contribution in [3.63, 3.8) is 0 Å². The standard InChI is InChI=1S/C17H24N2O2/c1-14(2)11-19(13-17(18)21)12-16-8-6-15(7-9-16)5-3-4-10-20/h6-9,14,20H,4,10-13H2,1-2H3,(H2,18,21). The quantitative estimate of drug-likeness (QED) is 0.745. The van der Waals surface area contributed by atoms with Crippen molar-refractivity contribution in [2.24, 2.45) is 11.7 Å². The third-order valence-corrected chi connectivity index (χ3v) is 2.83. The van der Waals surface area contributed by atoms with Gasteiger partial charge in [0.15, 0.2) is 0 Å². The van der Waals surface area contributed by atoms with Crippen molar-refractivity contribution in [3.05, 3.63) is 35.4 Å². The van der Waals surface area contributed by atoms with E-state index in [0.717, 1.165) is 17.7 Å². The highest BCUT2D eigenvalue weighted by Gasteiger charge is 2.10. The van der Waals surface area contributed by atoms with Crippen LogP contribution in [0.3, 0.4) is 0 Å². The van der Waals surface area contributed by atoms with Crippen LogP contribution in [0.2, 0.25) is 0 Å². The number of nitrogens with zero attached hydrogens (tertiary/aromatic N) is 1. The molecule has 114 valence electrons. The Balaban J connectivity index is 2.67. The summed E-state index contributed by atoms with van der Waals surface area (Å²) in [6.45, 7) is 6.13. The van der Waals surface area contributed by atoms with Gasteiger partial charge >= 0.3 is 0 Å². The van der Waals surface area contributed by atoms with E-state index < -0.39 is 0 Å². The van der Waals surface area contributed by atoms with E-state index in [1.54, 1.807) is 0 Å². The normalized spacial score (nSPS) is 10.5. The van der Waals surface area contributed by atoms with Gasteiger partial charge in [-0.25, -0.2) is 0 Å². The molecule has 1 rings (SSSR count). The third-order valence-electron chi connectivity index (χ3n) is 2.83. The number of carbonyl (C=O) groups excluding carboxylic acids is 1. The molecule has 1 amide bonds. The van der Waals surface area contributed by atoms with Crippen LogP contribution in [0.25, 0.3) is 0 Å². The molecule has 0 unspecified atom stereocenters. The molecule has 0 bridgehead atoms. The molecule has 0 heterocycles. The van der Waals surface area contributed by atoms with Crippen molar-refractivity contribution in [1.29, 1.82) is 0 Å². The van der Waals surface area contributed by atoms with Gasteiger partial charge in [0.1, 0.15) is 0 Å². The molecular formula is C17H24N2O2. The van der Waals surface area contributed by atoms with E-state index in [1.807, 2.05) is 24.3 Å². The number of benzene rings is 1. The molecule has 3 N–H and O–H groups in total. The van der Waals surface area contributed by atoms with Crippen LogP contribution in [0, 0.1) is 17.8 Å². The average Bonchev–Trinajstić information content (AvgIpc) is 2.39. The number of primary amides is 1. The van der Waals surface area contributed by atoms with Gasteiger partial charge in [0.2, 0.25) is 5.91 Å². The monoisotopic (exact) mass is 288 g/mol. The number of hydrogen-bond acceptors (Lipinski definition) is 3. The minimum atomic E-state index is -0.304. The highest BCUT2D eigenvalue weighted by atomic mass is 16.2. The summed E-state index contributed by atoms with van der Waals surface area (Å²) < 4.78 is 0. The van der Waals surface area contributed by atoms with Crippen LogP contribution < -0.4 is 5.73 Å². The van der Waals surface area contributed by atoms with Crippen LogP contribution >= 0.6 is 0 Å². The molecule has 0 aliphatic rings. The van der Waals surface area contributed by atoms with Gasteiger partial charge in [-0.2, -0.15) is 0 Å². The molecule has 21 heavy (non-hydrogen) atoms. The summed E-state index contributed by atoms with van der Waals surface area (Å²) in [5.74, 6) is 6.06. The maximum absolute atomic E-state index is 11.1. The highest BCUT2D eigenvalue weighted by molar-refractivity contribution is 5.75. The van der Waals surface area contributed by atoms with Crippen molar-refractivity contribution in [2.75, 3.05) is 19.7 Å². The van der Waals surface area contributed by atoms with Gasteiger partial charge in [-0.15, -0.1) is 0 Å². The second-order valence-electron chi connectivity index (χ2n) is 5.50. The van der Waals surface area contributed by atoms with E-state index in [4.69, 9.17) is 10.8 Å². The lowest BCUT2D eigenvalue weighted by Gasteiger charge is -2.22. The first-order chi connectivity index (χ1) is 10.0. The Morgan fingerprint density at radius 2 is 2.00 bits per heavy atom. The van der Waals surface area contributed by atoms with E-state index in [1.165, 1.54) is 0 Å². The summed E-state index contributed by atoms with van der Waals surface area (Å²) in [6, 6.07) is 7.93. The van der Waals surface area contributed by atoms with Crippen LogP contribution in [0.4, 0.5) is 0 Å². The number of carbonyl (C=O) groups is 1. The van der Waals surface area contributed by atoms with Gasteiger partial charge in [0.05, 0.1) is 13.2 Å². The van der Waals surface area contributed by atoms with Crippen molar-refractivity contribution in [2.45, 2.75) is 26.8 Å². The lowest BCUT2D eigenvalue weighted by Crippen LogP contribution is -2.35. The molecule has 4 nitrogen and oxygen atoms in total. The van der Waals surface area contributed by atoms with Gasteiger partial charge in [0.25, 0.3) is 0 Å². The number of nitrogens with two attached hydrogens (primary N) is 1. The smallest absolute Gasteiger partial charge is 0.231 e. The van der Waals surface area contributed by atoms with Crippen LogP contribution in [0.1, 0.15) is 31.4 Å². The lowest BCUT2D eigenvalue weighted by molar-refractivity contribution is -0.119. The molecule has 0 atom stereocenters. The first-order valence-electron chi connectivity index (χ1n) is 7.20. The Kier molecular flexibility index (Phi) is 7.52. The fourth-order valence-corrected chi connectivity index (χ4v) is 2.09. The third kappa shape index (κ3) is 7.50. The number of aliphatic hydroxyl groups is 1. The van der Waals surface area contributed by atoms with E-state index in [2.05, 4.69) is 30.6 Å². The zero-order valence-electron chi connectivity index (χ0n) is 12.8. The summed E-state index contributed by atoms with van der Waals surface area (Å²) in [7, 11) is 0. The molecule has 0 fully saturated rings. The summed E-state index contributed by atoms with van der Waals surface area (Å²) in [4.78, 5) is 13.2. The first-order valence-corrected chi connectivity index (χ1v) is 7.20. The molecule has 0 radical (unpaired) electrons. The predicted molar refractivity (Wildman–Crippen MR) is 84.3 cm³/mol. The zero-order valence-corrected chi connectivity index (χ0v) is 12.8. The van der Waals surface area contributed by atoms with E-state index in [0.29, 0.717) is 18.9 Å². The predicted octanol–water partition coefficient (Wildman–Crippen LogP) is 1.36. The van der Waals surface area contributed by atoms with E-state index >= 15 is 0 Å². The number of rotatable bonds is 7. The van der Waals surface area contributed by atoms with Gasteiger partial charge < -0.3 is 10.8 Å². The summed E-state index contributed by atoms with van der Waals surface area (Å²) in [5, 5.41) is 8.69. The van der Waals surface area contributed by atoms with E-state index in [9.17, 15) is 4.79 Å². The molecule has 1 aromatic carbocycles. The van der Waals surface area contributed by atoms with Gasteiger partial charge in [-0.05, 0) is 23.6 Å².